The molecule has 5 N–H and O–H groups in total. The molecule has 110 valence electrons. The quantitative estimate of drug-likeness (QED) is 0.186. The summed E-state index contributed by atoms with van der Waals surface area (Å²) in [5.74, 6) is 0. The number of rotatable bonds is 14. The molecule has 7 heteroatoms. The molecule has 0 atom stereocenters. The van der Waals surface area contributed by atoms with Crippen LogP contribution in [0.25, 0.3) is 0 Å². The average molecular weight is 263 g/mol. The fourth-order valence-electron chi connectivity index (χ4n) is 1.49. The zero-order chi connectivity index (χ0) is 13.5. The number of hydrogen-bond donors (Lipinski definition) is 4. The van der Waals surface area contributed by atoms with Crippen LogP contribution in [0.4, 0.5) is 0 Å². The second-order valence-electron chi connectivity index (χ2n) is 4.03. The van der Waals surface area contributed by atoms with Gasteiger partial charge in [-0.15, -0.1) is 10.6 Å². The van der Waals surface area contributed by atoms with E-state index in [4.69, 9.17) is 10.7 Å². The van der Waals surface area contributed by atoms with Gasteiger partial charge in [-0.25, -0.2) is 9.90 Å². The van der Waals surface area contributed by atoms with Crippen molar-refractivity contribution in [1.82, 2.24) is 21.2 Å². The Labute approximate surface area is 110 Å². The van der Waals surface area contributed by atoms with Gasteiger partial charge in [0.15, 0.2) is 0 Å². The second kappa shape index (κ2) is 14.8. The molecule has 0 spiro atoms. The van der Waals surface area contributed by atoms with Gasteiger partial charge in [-0.05, 0) is 52.5 Å². The number of nitrogens with two attached hydrogens (primary N) is 1. The van der Waals surface area contributed by atoms with E-state index in [1.807, 2.05) is 12.1 Å². The summed E-state index contributed by atoms with van der Waals surface area (Å²) in [5.41, 5.74) is 8.22. The summed E-state index contributed by atoms with van der Waals surface area (Å²) < 4.78 is 0. The van der Waals surface area contributed by atoms with E-state index < -0.39 is 0 Å². The molecular weight excluding hydrogens is 234 g/mol. The number of hydrogen-bond acceptors (Lipinski definition) is 7. The minimum atomic E-state index is 0.674. The standard InChI is InChI=1S/C11H29N5O2/c1-13-7-4-8-14-9-5-11-16(10-3-6-12)15-18-17-2/h13-15H,3-12H2,1-2H3. The summed E-state index contributed by atoms with van der Waals surface area (Å²) >= 11 is 0. The lowest BCUT2D eigenvalue weighted by molar-refractivity contribution is -0.353. The summed E-state index contributed by atoms with van der Waals surface area (Å²) in [4.78, 5) is 9.23. The maximum absolute atomic E-state index is 5.48. The van der Waals surface area contributed by atoms with Crippen molar-refractivity contribution < 1.29 is 9.88 Å². The van der Waals surface area contributed by atoms with E-state index in [1.165, 1.54) is 7.11 Å². The van der Waals surface area contributed by atoms with Crippen LogP contribution in [0.15, 0.2) is 0 Å². The molecule has 0 heterocycles. The predicted molar refractivity (Wildman–Crippen MR) is 72.5 cm³/mol. The van der Waals surface area contributed by atoms with Gasteiger partial charge in [0.1, 0.15) is 0 Å². The van der Waals surface area contributed by atoms with Crippen LogP contribution in [-0.2, 0) is 9.88 Å². The van der Waals surface area contributed by atoms with E-state index in [2.05, 4.69) is 21.1 Å². The largest absolute Gasteiger partial charge is 0.330 e. The SMILES string of the molecule is CNCCCNCCCN(CCCN)NOOC. The molecule has 0 aromatic rings. The maximum atomic E-state index is 5.48. The first kappa shape index (κ1) is 17.7. The van der Waals surface area contributed by atoms with Crippen molar-refractivity contribution in [3.63, 3.8) is 0 Å². The third-order valence-corrected chi connectivity index (χ3v) is 2.44. The Balaban J connectivity index is 3.43. The first-order valence-corrected chi connectivity index (χ1v) is 6.60. The minimum Gasteiger partial charge on any atom is -0.330 e. The van der Waals surface area contributed by atoms with Crippen molar-refractivity contribution in [2.75, 3.05) is 53.4 Å². The van der Waals surface area contributed by atoms with Crippen LogP contribution in [0.3, 0.4) is 0 Å². The molecule has 0 fully saturated rings. The topological polar surface area (TPSA) is 83.8 Å². The molecule has 0 amide bonds. The summed E-state index contributed by atoms with van der Waals surface area (Å²) in [6.07, 6.45) is 3.12. The molecule has 0 aromatic heterocycles. The van der Waals surface area contributed by atoms with Gasteiger partial charge < -0.3 is 16.4 Å². The zero-order valence-electron chi connectivity index (χ0n) is 11.7. The van der Waals surface area contributed by atoms with Crippen LogP contribution >= 0.6 is 0 Å². The molecule has 0 saturated heterocycles. The molecule has 0 bridgehead atoms. The van der Waals surface area contributed by atoms with E-state index in [0.29, 0.717) is 6.54 Å². The van der Waals surface area contributed by atoms with Crippen molar-refractivity contribution in [1.29, 1.82) is 0 Å². The maximum Gasteiger partial charge on any atom is 0.0733 e. The lowest BCUT2D eigenvalue weighted by Gasteiger charge is -2.21. The Kier molecular flexibility index (Phi) is 14.5. The van der Waals surface area contributed by atoms with Gasteiger partial charge in [-0.2, -0.15) is 0 Å². The Morgan fingerprint density at radius 2 is 1.78 bits per heavy atom. The summed E-state index contributed by atoms with van der Waals surface area (Å²) in [6.45, 7) is 5.51. The van der Waals surface area contributed by atoms with Crippen LogP contribution in [-0.4, -0.2) is 58.4 Å². The van der Waals surface area contributed by atoms with E-state index >= 15 is 0 Å². The van der Waals surface area contributed by atoms with Gasteiger partial charge in [0.05, 0.1) is 7.11 Å². The third kappa shape index (κ3) is 12.2. The number of nitrogens with one attached hydrogen (secondary N) is 3. The van der Waals surface area contributed by atoms with Gasteiger partial charge >= 0.3 is 0 Å². The second-order valence-corrected chi connectivity index (χ2v) is 4.03. The smallest absolute Gasteiger partial charge is 0.0733 e. The molecule has 0 saturated carbocycles. The lowest BCUT2D eigenvalue weighted by atomic mass is 10.3. The molecule has 0 aliphatic rings. The summed E-state index contributed by atoms with van der Waals surface area (Å²) in [7, 11) is 3.44. The fraction of sp³-hybridized carbons (Fsp3) is 1.00. The van der Waals surface area contributed by atoms with Crippen LogP contribution in [0, 0.1) is 0 Å². The average Bonchev–Trinajstić information content (AvgIpc) is 2.40. The Morgan fingerprint density at radius 1 is 1.06 bits per heavy atom. The van der Waals surface area contributed by atoms with Gasteiger partial charge in [0.25, 0.3) is 0 Å². The predicted octanol–water partition coefficient (Wildman–Crippen LogP) is -0.776. The van der Waals surface area contributed by atoms with Gasteiger partial charge in [0, 0.05) is 13.1 Å². The highest BCUT2D eigenvalue weighted by atomic mass is 17.3. The van der Waals surface area contributed by atoms with E-state index in [-0.39, 0.29) is 0 Å². The molecule has 18 heavy (non-hydrogen) atoms. The molecule has 0 rings (SSSR count). The summed E-state index contributed by atoms with van der Waals surface area (Å²) in [5, 5.41) is 8.48. The third-order valence-electron chi connectivity index (χ3n) is 2.44. The molecule has 0 radical (unpaired) electrons. The van der Waals surface area contributed by atoms with Gasteiger partial charge in [0.2, 0.25) is 0 Å². The Morgan fingerprint density at radius 3 is 2.44 bits per heavy atom. The lowest BCUT2D eigenvalue weighted by Crippen LogP contribution is -2.40. The van der Waals surface area contributed by atoms with Crippen LogP contribution in [0.5, 0.6) is 0 Å². The van der Waals surface area contributed by atoms with Crippen LogP contribution in [0.1, 0.15) is 19.3 Å². The molecule has 0 aliphatic carbocycles. The summed E-state index contributed by atoms with van der Waals surface area (Å²) in [6, 6.07) is 0. The molecular formula is C11H29N5O2. The molecule has 7 nitrogen and oxygen atoms in total. The van der Waals surface area contributed by atoms with Crippen molar-refractivity contribution >= 4 is 0 Å². The van der Waals surface area contributed by atoms with Gasteiger partial charge in [-0.1, -0.05) is 0 Å². The fourth-order valence-corrected chi connectivity index (χ4v) is 1.49. The highest BCUT2D eigenvalue weighted by Crippen LogP contribution is 1.90. The van der Waals surface area contributed by atoms with Gasteiger partial charge in [-0.3, -0.25) is 0 Å². The monoisotopic (exact) mass is 263 g/mol. The van der Waals surface area contributed by atoms with Crippen molar-refractivity contribution in [2.24, 2.45) is 5.73 Å². The van der Waals surface area contributed by atoms with Crippen LogP contribution < -0.4 is 22.0 Å². The first-order chi connectivity index (χ1) is 8.85. The number of nitrogens with zero attached hydrogens (tertiary/aromatic N) is 1. The van der Waals surface area contributed by atoms with Crippen molar-refractivity contribution in [3.05, 3.63) is 0 Å². The van der Waals surface area contributed by atoms with E-state index in [1.54, 1.807) is 0 Å². The highest BCUT2D eigenvalue weighted by molar-refractivity contribution is 4.54. The molecule has 0 aromatic carbocycles. The zero-order valence-corrected chi connectivity index (χ0v) is 11.7. The van der Waals surface area contributed by atoms with Crippen molar-refractivity contribution in [3.8, 4) is 0 Å². The van der Waals surface area contributed by atoms with E-state index in [9.17, 15) is 0 Å². The van der Waals surface area contributed by atoms with Crippen LogP contribution in [0.2, 0.25) is 0 Å². The normalized spacial score (nSPS) is 11.3. The highest BCUT2D eigenvalue weighted by Gasteiger charge is 2.03. The Bertz CT molecular complexity index is 154. The van der Waals surface area contributed by atoms with E-state index in [0.717, 1.165) is 52.0 Å². The Hall–Kier alpha value is -0.280. The number of hydrazine groups is 1. The molecule has 0 aliphatic heterocycles. The molecule has 0 unspecified atom stereocenters. The minimum absolute atomic E-state index is 0.674. The van der Waals surface area contributed by atoms with Crippen molar-refractivity contribution in [2.45, 2.75) is 19.3 Å². The first-order valence-electron chi connectivity index (χ1n) is 6.60.